The predicted octanol–water partition coefficient (Wildman–Crippen LogP) is 18.0. The van der Waals surface area contributed by atoms with E-state index in [1.807, 2.05) is 158 Å². The van der Waals surface area contributed by atoms with Gasteiger partial charge < -0.3 is 4.90 Å². The van der Waals surface area contributed by atoms with Crippen molar-refractivity contribution in [2.75, 3.05) is 9.80 Å². The molecule has 14 rings (SSSR count). The molecule has 1 aliphatic rings. The molecule has 13 aromatic rings. The van der Waals surface area contributed by atoms with E-state index < -0.39 is 0 Å². The monoisotopic (exact) mass is 1070 g/mol. The van der Waals surface area contributed by atoms with E-state index in [2.05, 4.69) is 134 Å². The van der Waals surface area contributed by atoms with Gasteiger partial charge in [-0.1, -0.05) is 224 Å². The Morgan fingerprint density at radius 2 is 0.566 bits per heavy atom. The summed E-state index contributed by atoms with van der Waals surface area (Å²) < 4.78 is 0. The molecule has 394 valence electrons. The van der Waals surface area contributed by atoms with Crippen LogP contribution < -0.4 is 9.80 Å². The second-order valence-corrected chi connectivity index (χ2v) is 20.6. The SMILES string of the molecule is Cc1cc(C)c(-c2cc(-c3cc(-c4ccccc4)nc(-c4ccccc4)n3)cc(-c3nc(-c4ccccc4)nc(-c4ccccc4)n3)c2N2c3ccccc3N(c3nc(-c4ccccc4)nc(-c4ccccc4)n3)c3ccccc32)c(C)c1. The molecule has 0 saturated heterocycles. The van der Waals surface area contributed by atoms with E-state index in [9.17, 15) is 0 Å². The summed E-state index contributed by atoms with van der Waals surface area (Å²) in [5, 5.41) is 0. The second-order valence-electron chi connectivity index (χ2n) is 20.6. The van der Waals surface area contributed by atoms with Crippen molar-refractivity contribution in [2.24, 2.45) is 0 Å². The summed E-state index contributed by atoms with van der Waals surface area (Å²) in [6.45, 7) is 6.57. The Labute approximate surface area is 481 Å². The van der Waals surface area contributed by atoms with E-state index in [1.54, 1.807) is 0 Å². The molecule has 0 fully saturated rings. The van der Waals surface area contributed by atoms with Crippen molar-refractivity contribution in [1.82, 2.24) is 39.9 Å². The third-order valence-electron chi connectivity index (χ3n) is 15.0. The number of benzene rings is 10. The number of aryl methyl sites for hydroxylation is 3. The van der Waals surface area contributed by atoms with Crippen LogP contribution in [-0.4, -0.2) is 39.9 Å². The maximum Gasteiger partial charge on any atom is 0.238 e. The van der Waals surface area contributed by atoms with Crippen molar-refractivity contribution in [3.8, 4) is 102 Å². The van der Waals surface area contributed by atoms with Gasteiger partial charge in [-0.3, -0.25) is 4.90 Å². The molecular weight excluding hydrogens is 1020 g/mol. The van der Waals surface area contributed by atoms with Crippen LogP contribution >= 0.6 is 0 Å². The Hall–Kier alpha value is -11.1. The van der Waals surface area contributed by atoms with E-state index in [0.29, 0.717) is 40.9 Å². The number of aromatic nitrogens is 8. The Morgan fingerprint density at radius 1 is 0.253 bits per heavy atom. The highest BCUT2D eigenvalue weighted by atomic mass is 15.3. The van der Waals surface area contributed by atoms with Crippen LogP contribution in [0.15, 0.2) is 261 Å². The van der Waals surface area contributed by atoms with Crippen molar-refractivity contribution in [3.63, 3.8) is 0 Å². The van der Waals surface area contributed by atoms with Crippen LogP contribution in [0.1, 0.15) is 16.7 Å². The quantitative estimate of drug-likeness (QED) is 0.124. The molecule has 0 aliphatic carbocycles. The van der Waals surface area contributed by atoms with Gasteiger partial charge in [0.25, 0.3) is 0 Å². The van der Waals surface area contributed by atoms with Gasteiger partial charge in [0.2, 0.25) is 5.95 Å². The summed E-state index contributed by atoms with van der Waals surface area (Å²) in [7, 11) is 0. The zero-order valence-electron chi connectivity index (χ0n) is 45.8. The molecule has 10 heteroatoms. The summed E-state index contributed by atoms with van der Waals surface area (Å²) in [6, 6.07) is 89.1. The Morgan fingerprint density at radius 3 is 0.976 bits per heavy atom. The van der Waals surface area contributed by atoms with E-state index in [1.165, 1.54) is 5.56 Å². The van der Waals surface area contributed by atoms with Crippen LogP contribution in [0.3, 0.4) is 0 Å². The molecule has 1 aliphatic heterocycles. The summed E-state index contributed by atoms with van der Waals surface area (Å²) in [5.41, 5.74) is 18.3. The average molecular weight is 1070 g/mol. The third kappa shape index (κ3) is 9.64. The molecule has 83 heavy (non-hydrogen) atoms. The van der Waals surface area contributed by atoms with Crippen molar-refractivity contribution in [2.45, 2.75) is 20.8 Å². The smallest absolute Gasteiger partial charge is 0.238 e. The molecule has 0 saturated carbocycles. The van der Waals surface area contributed by atoms with E-state index >= 15 is 0 Å². The molecule has 10 aromatic carbocycles. The van der Waals surface area contributed by atoms with Gasteiger partial charge in [0.05, 0.1) is 39.8 Å². The zero-order chi connectivity index (χ0) is 55.8. The third-order valence-corrected chi connectivity index (χ3v) is 15.0. The van der Waals surface area contributed by atoms with Gasteiger partial charge in [-0.2, -0.15) is 9.97 Å². The van der Waals surface area contributed by atoms with Gasteiger partial charge in [0, 0.05) is 50.1 Å². The van der Waals surface area contributed by atoms with E-state index in [4.69, 9.17) is 39.9 Å². The lowest BCUT2D eigenvalue weighted by molar-refractivity contribution is 1.01. The largest absolute Gasteiger partial charge is 0.305 e. The maximum atomic E-state index is 5.55. The number of anilines is 6. The van der Waals surface area contributed by atoms with E-state index in [0.717, 1.165) is 107 Å². The molecule has 4 heterocycles. The predicted molar refractivity (Wildman–Crippen MR) is 335 cm³/mol. The molecule has 0 amide bonds. The minimum Gasteiger partial charge on any atom is -0.305 e. The lowest BCUT2D eigenvalue weighted by Crippen LogP contribution is -2.26. The molecule has 0 unspecified atom stereocenters. The molecule has 0 atom stereocenters. The molecule has 0 bridgehead atoms. The topological polar surface area (TPSA) is 110 Å². The van der Waals surface area contributed by atoms with Crippen molar-refractivity contribution >= 4 is 34.4 Å². The Balaban J connectivity index is 1.10. The van der Waals surface area contributed by atoms with Crippen LogP contribution in [0.25, 0.3) is 102 Å². The van der Waals surface area contributed by atoms with Crippen LogP contribution in [0.2, 0.25) is 0 Å². The van der Waals surface area contributed by atoms with Crippen LogP contribution in [0, 0.1) is 20.8 Å². The number of hydrogen-bond donors (Lipinski definition) is 0. The molecule has 0 radical (unpaired) electrons. The highest BCUT2D eigenvalue weighted by Gasteiger charge is 2.36. The normalized spacial score (nSPS) is 11.7. The summed E-state index contributed by atoms with van der Waals surface area (Å²) >= 11 is 0. The highest BCUT2D eigenvalue weighted by molar-refractivity contribution is 6.08. The molecule has 3 aromatic heterocycles. The van der Waals surface area contributed by atoms with Gasteiger partial charge in [-0.05, 0) is 79.9 Å². The summed E-state index contributed by atoms with van der Waals surface area (Å²) in [6.07, 6.45) is 0. The minimum atomic E-state index is 0.475. The number of rotatable bonds is 11. The first-order chi connectivity index (χ1) is 40.9. The average Bonchev–Trinajstić information content (AvgIpc) is 1.85. The fourth-order valence-corrected chi connectivity index (χ4v) is 11.3. The molecule has 10 nitrogen and oxygen atoms in total. The van der Waals surface area contributed by atoms with Crippen molar-refractivity contribution in [3.05, 3.63) is 278 Å². The van der Waals surface area contributed by atoms with Gasteiger partial charge in [-0.15, -0.1) is 0 Å². The summed E-state index contributed by atoms with van der Waals surface area (Å²) in [5.74, 6) is 3.77. The van der Waals surface area contributed by atoms with Gasteiger partial charge in [0.1, 0.15) is 0 Å². The summed E-state index contributed by atoms with van der Waals surface area (Å²) in [4.78, 5) is 47.3. The molecule has 0 spiro atoms. The lowest BCUT2D eigenvalue weighted by Gasteiger charge is -2.41. The van der Waals surface area contributed by atoms with Crippen LogP contribution in [0.4, 0.5) is 34.4 Å². The first kappa shape index (κ1) is 50.1. The van der Waals surface area contributed by atoms with Crippen LogP contribution in [-0.2, 0) is 0 Å². The second kappa shape index (κ2) is 21.5. The first-order valence-corrected chi connectivity index (χ1v) is 27.7. The van der Waals surface area contributed by atoms with E-state index in [-0.39, 0.29) is 0 Å². The lowest BCUT2D eigenvalue weighted by atomic mass is 9.87. The molecule has 0 N–H and O–H groups in total. The van der Waals surface area contributed by atoms with Gasteiger partial charge in [0.15, 0.2) is 34.9 Å². The Kier molecular flexibility index (Phi) is 13.0. The minimum absolute atomic E-state index is 0.475. The molecular formula is C73H52N10. The standard InChI is InChI=1S/C73H52N10/c1-47-42-48(2)65(49(3)43-47)57-44-56(60-46-59(50-26-10-4-11-27-50)74-67(75-60)51-28-12-5-13-29-51)45-58(72-78-68(52-30-14-6-15-31-52)76-69(79-72)53-32-16-7-17-33-53)66(57)82-61-38-22-24-40-63(61)83(64-41-25-23-39-62(64)82)73-80-70(54-34-18-8-19-35-54)77-71(81-73)55-36-20-9-21-37-55/h4-46H,1-3H3. The van der Waals surface area contributed by atoms with Crippen LogP contribution in [0.5, 0.6) is 0 Å². The van der Waals surface area contributed by atoms with Gasteiger partial charge in [-0.25, -0.2) is 29.9 Å². The fourth-order valence-electron chi connectivity index (χ4n) is 11.3. The number of hydrogen-bond acceptors (Lipinski definition) is 10. The highest BCUT2D eigenvalue weighted by Crippen LogP contribution is 2.58. The first-order valence-electron chi connectivity index (χ1n) is 27.7. The van der Waals surface area contributed by atoms with Crippen molar-refractivity contribution < 1.29 is 0 Å². The number of para-hydroxylation sites is 4. The maximum absolute atomic E-state index is 5.55. The Bertz CT molecular complexity index is 4280. The number of fused-ring (bicyclic) bond motifs is 2. The number of nitrogens with zero attached hydrogens (tertiary/aromatic N) is 10. The zero-order valence-corrected chi connectivity index (χ0v) is 45.8. The fraction of sp³-hybridized carbons (Fsp3) is 0.0411. The van der Waals surface area contributed by atoms with Gasteiger partial charge >= 0.3 is 0 Å². The van der Waals surface area contributed by atoms with Crippen molar-refractivity contribution in [1.29, 1.82) is 0 Å².